The van der Waals surface area contributed by atoms with Gasteiger partial charge in [-0.1, -0.05) is 59.3 Å². The molecule has 0 radical (unpaired) electrons. The Labute approximate surface area is 179 Å². The van der Waals surface area contributed by atoms with Crippen molar-refractivity contribution in [2.24, 2.45) is 7.05 Å². The fourth-order valence-electron chi connectivity index (χ4n) is 3.83. The van der Waals surface area contributed by atoms with Crippen LogP contribution < -0.4 is 10.1 Å². The smallest absolute Gasteiger partial charge is 0.208 e. The van der Waals surface area contributed by atoms with Gasteiger partial charge in [0.05, 0.1) is 23.8 Å². The third-order valence-corrected chi connectivity index (χ3v) is 5.76. The molecule has 0 amide bonds. The van der Waals surface area contributed by atoms with E-state index in [0.29, 0.717) is 0 Å². The summed E-state index contributed by atoms with van der Waals surface area (Å²) in [4.78, 5) is 4.87. The number of nitrogens with zero attached hydrogens (tertiary/aromatic N) is 2. The van der Waals surface area contributed by atoms with E-state index in [1.807, 2.05) is 6.07 Å². The zero-order valence-electron chi connectivity index (χ0n) is 17.1. The first-order valence-corrected chi connectivity index (χ1v) is 10.5. The van der Waals surface area contributed by atoms with Crippen LogP contribution in [0.15, 0.2) is 59.1 Å². The van der Waals surface area contributed by atoms with Crippen molar-refractivity contribution in [2.45, 2.75) is 20.3 Å². The van der Waals surface area contributed by atoms with Crippen molar-refractivity contribution < 1.29 is 4.74 Å². The predicted molar refractivity (Wildman–Crippen MR) is 124 cm³/mol. The molecule has 0 saturated heterocycles. The van der Waals surface area contributed by atoms with Gasteiger partial charge in [-0.15, -0.1) is 0 Å². The quantitative estimate of drug-likeness (QED) is 0.371. The van der Waals surface area contributed by atoms with E-state index in [4.69, 9.17) is 9.72 Å². The molecule has 3 aromatic carbocycles. The lowest BCUT2D eigenvalue weighted by Crippen LogP contribution is -2.03. The summed E-state index contributed by atoms with van der Waals surface area (Å²) >= 11 is 3.54. The summed E-state index contributed by atoms with van der Waals surface area (Å²) < 4.78 is 8.70. The number of benzene rings is 3. The Morgan fingerprint density at radius 3 is 2.59 bits per heavy atom. The van der Waals surface area contributed by atoms with Crippen LogP contribution in [0, 0.1) is 6.92 Å². The van der Waals surface area contributed by atoms with E-state index in [1.165, 1.54) is 16.7 Å². The molecular formula is C24H24BrN3O. The van der Waals surface area contributed by atoms with Gasteiger partial charge in [0.15, 0.2) is 0 Å². The molecule has 0 saturated carbocycles. The molecule has 1 heterocycles. The highest BCUT2D eigenvalue weighted by atomic mass is 79.9. The molecule has 0 aliphatic heterocycles. The van der Waals surface area contributed by atoms with E-state index in [9.17, 15) is 0 Å². The molecule has 1 N–H and O–H groups in total. The number of hydrogen-bond acceptors (Lipinski definition) is 3. The fraction of sp³-hybridized carbons (Fsp3) is 0.208. The summed E-state index contributed by atoms with van der Waals surface area (Å²) in [7, 11) is 3.73. The number of nitrogens with one attached hydrogen (secondary N) is 1. The number of aromatic nitrogens is 2. The monoisotopic (exact) mass is 449 g/mol. The number of ether oxygens (including phenoxy) is 1. The average molecular weight is 450 g/mol. The number of anilines is 2. The molecule has 148 valence electrons. The first-order chi connectivity index (χ1) is 14.0. The number of rotatable bonds is 5. The van der Waals surface area contributed by atoms with Gasteiger partial charge in [-0.05, 0) is 48.2 Å². The molecule has 29 heavy (non-hydrogen) atoms. The molecule has 0 spiro atoms. The van der Waals surface area contributed by atoms with Gasteiger partial charge in [0.2, 0.25) is 5.95 Å². The van der Waals surface area contributed by atoms with Crippen molar-refractivity contribution in [1.82, 2.24) is 9.55 Å². The molecule has 0 unspecified atom stereocenters. The Kier molecular flexibility index (Phi) is 5.33. The predicted octanol–water partition coefficient (Wildman–Crippen LogP) is 6.63. The maximum atomic E-state index is 5.59. The van der Waals surface area contributed by atoms with E-state index in [1.54, 1.807) is 7.11 Å². The maximum Gasteiger partial charge on any atom is 0.208 e. The maximum absolute atomic E-state index is 5.59. The van der Waals surface area contributed by atoms with Crippen molar-refractivity contribution in [3.8, 4) is 16.9 Å². The minimum absolute atomic E-state index is 0.778. The van der Waals surface area contributed by atoms with Gasteiger partial charge >= 0.3 is 0 Å². The van der Waals surface area contributed by atoms with Crippen LogP contribution in [0.1, 0.15) is 18.1 Å². The Bertz CT molecular complexity index is 1200. The van der Waals surface area contributed by atoms with Crippen LogP contribution >= 0.6 is 15.9 Å². The summed E-state index contributed by atoms with van der Waals surface area (Å²) in [6, 6.07) is 18.9. The highest BCUT2D eigenvalue weighted by Gasteiger charge is 2.16. The van der Waals surface area contributed by atoms with Crippen LogP contribution in [-0.2, 0) is 13.5 Å². The van der Waals surface area contributed by atoms with E-state index in [0.717, 1.165) is 44.9 Å². The summed E-state index contributed by atoms with van der Waals surface area (Å²) in [6.45, 7) is 4.25. The normalized spacial score (nSPS) is 11.1. The molecule has 0 fully saturated rings. The molecule has 5 heteroatoms. The van der Waals surface area contributed by atoms with Crippen molar-refractivity contribution in [3.63, 3.8) is 0 Å². The standard InChI is InChI=1S/C24H24BrN3O/c1-5-16-9-6-7-10-18(16)19-11-8-12-20-23(19)28(3)24(26-20)27-22-15(2)13-17(25)14-21(22)29-4/h6-14H,5H2,1-4H3,(H,26,27). The molecule has 1 aromatic heterocycles. The summed E-state index contributed by atoms with van der Waals surface area (Å²) in [5, 5.41) is 3.49. The molecule has 0 bridgehead atoms. The Morgan fingerprint density at radius 2 is 1.83 bits per heavy atom. The van der Waals surface area contributed by atoms with Crippen molar-refractivity contribution in [3.05, 3.63) is 70.2 Å². The second-order valence-corrected chi connectivity index (χ2v) is 8.02. The van der Waals surface area contributed by atoms with Gasteiger partial charge in [0.1, 0.15) is 5.75 Å². The third kappa shape index (κ3) is 3.51. The molecule has 4 nitrogen and oxygen atoms in total. The summed E-state index contributed by atoms with van der Waals surface area (Å²) in [6.07, 6.45) is 0.991. The van der Waals surface area contributed by atoms with Gasteiger partial charge < -0.3 is 14.6 Å². The number of para-hydroxylation sites is 1. The van der Waals surface area contributed by atoms with E-state index in [-0.39, 0.29) is 0 Å². The molecule has 0 atom stereocenters. The van der Waals surface area contributed by atoms with E-state index in [2.05, 4.69) is 95.2 Å². The number of aryl methyl sites for hydroxylation is 3. The van der Waals surface area contributed by atoms with Crippen LogP contribution in [0.2, 0.25) is 0 Å². The molecule has 4 aromatic rings. The number of imidazole rings is 1. The molecule has 0 aliphatic rings. The van der Waals surface area contributed by atoms with Gasteiger partial charge in [-0.3, -0.25) is 0 Å². The second kappa shape index (κ2) is 7.91. The minimum Gasteiger partial charge on any atom is -0.495 e. The SMILES string of the molecule is CCc1ccccc1-c1cccc2nc(Nc3c(C)cc(Br)cc3OC)n(C)c12. The summed E-state index contributed by atoms with van der Waals surface area (Å²) in [5.41, 5.74) is 7.87. The van der Waals surface area contributed by atoms with Crippen molar-refractivity contribution >= 4 is 38.6 Å². The lowest BCUT2D eigenvalue weighted by Gasteiger charge is -2.15. The Morgan fingerprint density at radius 1 is 1.07 bits per heavy atom. The molecular weight excluding hydrogens is 426 g/mol. The van der Waals surface area contributed by atoms with Crippen LogP contribution in [0.5, 0.6) is 5.75 Å². The van der Waals surface area contributed by atoms with Crippen molar-refractivity contribution in [1.29, 1.82) is 0 Å². The van der Waals surface area contributed by atoms with Gasteiger partial charge in [-0.2, -0.15) is 0 Å². The Balaban J connectivity index is 1.87. The number of fused-ring (bicyclic) bond motifs is 1. The Hall–Kier alpha value is -2.79. The number of methoxy groups -OCH3 is 1. The number of hydrogen-bond donors (Lipinski definition) is 1. The van der Waals surface area contributed by atoms with E-state index < -0.39 is 0 Å². The second-order valence-electron chi connectivity index (χ2n) is 7.10. The van der Waals surface area contributed by atoms with E-state index >= 15 is 0 Å². The first kappa shape index (κ1) is 19.5. The minimum atomic E-state index is 0.778. The molecule has 4 rings (SSSR count). The lowest BCUT2D eigenvalue weighted by molar-refractivity contribution is 0.416. The topological polar surface area (TPSA) is 39.1 Å². The highest BCUT2D eigenvalue weighted by molar-refractivity contribution is 9.10. The number of halogens is 1. The third-order valence-electron chi connectivity index (χ3n) is 5.30. The van der Waals surface area contributed by atoms with Gasteiger partial charge in [-0.25, -0.2) is 4.98 Å². The highest BCUT2D eigenvalue weighted by Crippen LogP contribution is 2.37. The van der Waals surface area contributed by atoms with Crippen LogP contribution in [0.3, 0.4) is 0 Å². The zero-order valence-corrected chi connectivity index (χ0v) is 18.7. The van der Waals surface area contributed by atoms with Crippen LogP contribution in [0.25, 0.3) is 22.2 Å². The van der Waals surface area contributed by atoms with Crippen LogP contribution in [0.4, 0.5) is 11.6 Å². The summed E-state index contributed by atoms with van der Waals surface area (Å²) in [5.74, 6) is 1.56. The lowest BCUT2D eigenvalue weighted by atomic mass is 9.97. The zero-order chi connectivity index (χ0) is 20.5. The molecule has 0 aliphatic carbocycles. The van der Waals surface area contributed by atoms with Crippen molar-refractivity contribution in [2.75, 3.05) is 12.4 Å². The first-order valence-electron chi connectivity index (χ1n) is 9.68. The largest absolute Gasteiger partial charge is 0.495 e. The fourth-order valence-corrected chi connectivity index (χ4v) is 4.39. The van der Waals surface area contributed by atoms with Gasteiger partial charge in [0, 0.05) is 17.1 Å². The average Bonchev–Trinajstić information content (AvgIpc) is 3.05. The van der Waals surface area contributed by atoms with Crippen LogP contribution in [-0.4, -0.2) is 16.7 Å². The van der Waals surface area contributed by atoms with Gasteiger partial charge in [0.25, 0.3) is 0 Å².